The van der Waals surface area contributed by atoms with Crippen molar-refractivity contribution in [2.45, 2.75) is 13.3 Å². The SMILES string of the molecule is Cc1ccc(CC=S)n[n+]1[O-]. The predicted octanol–water partition coefficient (Wildman–Crippen LogP) is 0.566. The molecule has 1 aromatic heterocycles. The highest BCUT2D eigenvalue weighted by Gasteiger charge is 2.00. The van der Waals surface area contributed by atoms with Crippen LogP contribution in [0.3, 0.4) is 0 Å². The molecular weight excluding hydrogens is 160 g/mol. The first kappa shape index (κ1) is 8.07. The zero-order valence-corrected chi connectivity index (χ0v) is 6.97. The van der Waals surface area contributed by atoms with Crippen molar-refractivity contribution in [3.8, 4) is 0 Å². The lowest BCUT2D eigenvalue weighted by atomic mass is 10.3. The Hall–Kier alpha value is -1.03. The van der Waals surface area contributed by atoms with Gasteiger partial charge < -0.3 is 5.21 Å². The number of hydrogen-bond acceptors (Lipinski definition) is 3. The summed E-state index contributed by atoms with van der Waals surface area (Å²) in [6.07, 6.45) is 0.567. The van der Waals surface area contributed by atoms with E-state index < -0.39 is 0 Å². The van der Waals surface area contributed by atoms with E-state index in [4.69, 9.17) is 0 Å². The normalized spacial score (nSPS) is 9.55. The molecule has 0 radical (unpaired) electrons. The molecule has 0 amide bonds. The molecule has 0 aliphatic carbocycles. The fourth-order valence-corrected chi connectivity index (χ4v) is 0.874. The number of rotatable bonds is 2. The van der Waals surface area contributed by atoms with E-state index in [-0.39, 0.29) is 0 Å². The predicted molar refractivity (Wildman–Crippen MR) is 45.3 cm³/mol. The highest BCUT2D eigenvalue weighted by molar-refractivity contribution is 7.78. The van der Waals surface area contributed by atoms with Crippen LogP contribution in [0.15, 0.2) is 12.1 Å². The van der Waals surface area contributed by atoms with Gasteiger partial charge in [0.15, 0.2) is 0 Å². The third kappa shape index (κ3) is 1.94. The summed E-state index contributed by atoms with van der Waals surface area (Å²) >= 11 is 4.63. The Balaban J connectivity index is 2.95. The number of aromatic nitrogens is 2. The summed E-state index contributed by atoms with van der Waals surface area (Å²) in [6.45, 7) is 1.71. The van der Waals surface area contributed by atoms with Crippen molar-refractivity contribution in [2.24, 2.45) is 0 Å². The first-order chi connectivity index (χ1) is 5.24. The molecule has 0 fully saturated rings. The smallest absolute Gasteiger partial charge is 0.218 e. The van der Waals surface area contributed by atoms with Crippen LogP contribution in [0.2, 0.25) is 0 Å². The topological polar surface area (TPSA) is 39.8 Å². The average Bonchev–Trinajstić information content (AvgIpc) is 1.98. The second-order valence-corrected chi connectivity index (χ2v) is 2.54. The quantitative estimate of drug-likeness (QED) is 0.368. The Kier molecular flexibility index (Phi) is 2.48. The first-order valence-electron chi connectivity index (χ1n) is 3.24. The monoisotopic (exact) mass is 168 g/mol. The van der Waals surface area contributed by atoms with Gasteiger partial charge in [0.05, 0.1) is 0 Å². The second kappa shape index (κ2) is 3.39. The lowest BCUT2D eigenvalue weighted by Crippen LogP contribution is -2.35. The Morgan fingerprint density at radius 1 is 1.73 bits per heavy atom. The molecule has 1 heterocycles. The number of aryl methyl sites for hydroxylation is 1. The van der Waals surface area contributed by atoms with Crippen molar-refractivity contribution in [1.82, 2.24) is 5.10 Å². The minimum Gasteiger partial charge on any atom is -0.594 e. The maximum Gasteiger partial charge on any atom is 0.218 e. The van der Waals surface area contributed by atoms with E-state index in [0.717, 1.165) is 0 Å². The number of hydrogen-bond donors (Lipinski definition) is 0. The summed E-state index contributed by atoms with van der Waals surface area (Å²) in [4.78, 5) is 0.605. The molecule has 0 aromatic carbocycles. The maximum absolute atomic E-state index is 10.9. The summed E-state index contributed by atoms with van der Waals surface area (Å²) in [5.41, 5.74) is 1.30. The Morgan fingerprint density at radius 2 is 2.45 bits per heavy atom. The molecule has 0 aliphatic heterocycles. The highest BCUT2D eigenvalue weighted by atomic mass is 32.1. The van der Waals surface area contributed by atoms with E-state index in [1.165, 1.54) is 0 Å². The van der Waals surface area contributed by atoms with E-state index in [9.17, 15) is 5.21 Å². The van der Waals surface area contributed by atoms with Crippen LogP contribution < -0.4 is 4.85 Å². The van der Waals surface area contributed by atoms with E-state index in [1.807, 2.05) is 0 Å². The summed E-state index contributed by atoms with van der Waals surface area (Å²) in [6, 6.07) is 3.53. The van der Waals surface area contributed by atoms with Gasteiger partial charge in [-0.3, -0.25) is 0 Å². The fraction of sp³-hybridized carbons (Fsp3) is 0.286. The van der Waals surface area contributed by atoms with Crippen molar-refractivity contribution in [2.75, 3.05) is 0 Å². The minimum atomic E-state index is 0.567. The second-order valence-electron chi connectivity index (χ2n) is 2.21. The Bertz CT molecular complexity index is 275. The first-order valence-corrected chi connectivity index (χ1v) is 3.71. The van der Waals surface area contributed by atoms with Gasteiger partial charge in [-0.25, -0.2) is 0 Å². The zero-order chi connectivity index (χ0) is 8.27. The van der Waals surface area contributed by atoms with Gasteiger partial charge >= 0.3 is 0 Å². The Labute approximate surface area is 70.3 Å². The summed E-state index contributed by atoms with van der Waals surface area (Å²) in [7, 11) is 0. The number of thiocarbonyl (C=S) groups is 1. The van der Waals surface area contributed by atoms with E-state index in [1.54, 1.807) is 24.4 Å². The van der Waals surface area contributed by atoms with Gasteiger partial charge in [-0.05, 0) is 11.4 Å². The van der Waals surface area contributed by atoms with Gasteiger partial charge in [-0.1, -0.05) is 17.1 Å². The van der Waals surface area contributed by atoms with Crippen LogP contribution in [0, 0.1) is 12.1 Å². The van der Waals surface area contributed by atoms with Gasteiger partial charge in [0.2, 0.25) is 5.69 Å². The molecule has 0 spiro atoms. The molecule has 0 N–H and O–H groups in total. The summed E-state index contributed by atoms with van der Waals surface area (Å²) in [5, 5.41) is 16.2. The highest BCUT2D eigenvalue weighted by Crippen LogP contribution is 1.92. The van der Waals surface area contributed by atoms with Crippen LogP contribution in [-0.2, 0) is 6.42 Å². The number of nitrogens with zero attached hydrogens (tertiary/aromatic N) is 2. The van der Waals surface area contributed by atoms with Crippen molar-refractivity contribution < 1.29 is 4.85 Å². The van der Waals surface area contributed by atoms with Gasteiger partial charge in [0, 0.05) is 24.5 Å². The van der Waals surface area contributed by atoms with E-state index >= 15 is 0 Å². The largest absolute Gasteiger partial charge is 0.594 e. The van der Waals surface area contributed by atoms with Crippen LogP contribution in [-0.4, -0.2) is 10.5 Å². The molecule has 4 heteroatoms. The molecule has 0 saturated heterocycles. The molecule has 11 heavy (non-hydrogen) atoms. The Morgan fingerprint density at radius 3 is 3.00 bits per heavy atom. The lowest BCUT2D eigenvalue weighted by Gasteiger charge is -1.97. The van der Waals surface area contributed by atoms with E-state index in [0.29, 0.717) is 22.7 Å². The van der Waals surface area contributed by atoms with Crippen LogP contribution in [0.4, 0.5) is 0 Å². The third-order valence-electron chi connectivity index (χ3n) is 1.33. The molecule has 3 nitrogen and oxygen atoms in total. The standard InChI is InChI=1S/C7H8N2OS/c1-6-2-3-7(4-5-11)8-9(6)10/h2-3,5H,4H2,1H3. The lowest BCUT2D eigenvalue weighted by molar-refractivity contribution is -0.676. The maximum atomic E-state index is 10.9. The zero-order valence-electron chi connectivity index (χ0n) is 6.15. The molecule has 1 rings (SSSR count). The van der Waals surface area contributed by atoms with Gasteiger partial charge in [-0.2, -0.15) is 0 Å². The molecule has 0 bridgehead atoms. The van der Waals surface area contributed by atoms with Gasteiger partial charge in [-0.15, -0.1) is 0 Å². The molecular formula is C7H8N2OS. The average molecular weight is 168 g/mol. The van der Waals surface area contributed by atoms with Gasteiger partial charge in [0.1, 0.15) is 5.69 Å². The van der Waals surface area contributed by atoms with Crippen LogP contribution in [0.25, 0.3) is 0 Å². The molecule has 58 valence electrons. The molecule has 0 aliphatic rings. The van der Waals surface area contributed by atoms with Crippen LogP contribution >= 0.6 is 12.2 Å². The van der Waals surface area contributed by atoms with Crippen molar-refractivity contribution in [1.29, 1.82) is 0 Å². The minimum absolute atomic E-state index is 0.567. The van der Waals surface area contributed by atoms with Gasteiger partial charge in [0.25, 0.3) is 0 Å². The molecule has 1 aromatic rings. The fourth-order valence-electron chi connectivity index (χ4n) is 0.704. The van der Waals surface area contributed by atoms with Crippen LogP contribution in [0.5, 0.6) is 0 Å². The van der Waals surface area contributed by atoms with Crippen molar-refractivity contribution in [3.63, 3.8) is 0 Å². The van der Waals surface area contributed by atoms with Crippen molar-refractivity contribution >= 4 is 17.6 Å². The molecule has 0 atom stereocenters. The molecule has 0 unspecified atom stereocenters. The van der Waals surface area contributed by atoms with E-state index in [2.05, 4.69) is 17.3 Å². The summed E-state index contributed by atoms with van der Waals surface area (Å²) in [5.74, 6) is 0. The summed E-state index contributed by atoms with van der Waals surface area (Å²) < 4.78 is 0. The van der Waals surface area contributed by atoms with Crippen molar-refractivity contribution in [3.05, 3.63) is 28.7 Å². The molecule has 0 saturated carbocycles. The van der Waals surface area contributed by atoms with Crippen LogP contribution in [0.1, 0.15) is 11.4 Å². The third-order valence-corrected chi connectivity index (χ3v) is 1.50.